The molecule has 0 unspecified atom stereocenters. The van der Waals surface area contributed by atoms with Crippen LogP contribution in [0.25, 0.3) is 0 Å². The van der Waals surface area contributed by atoms with Crippen LogP contribution in [0.15, 0.2) is 22.8 Å². The van der Waals surface area contributed by atoms with E-state index in [9.17, 15) is 9.90 Å². The molecule has 0 atom stereocenters. The number of aliphatic hydroxyl groups excluding tert-OH is 1. The lowest BCUT2D eigenvalue weighted by molar-refractivity contribution is 0.0258. The Morgan fingerprint density at radius 2 is 2.11 bits per heavy atom. The van der Waals surface area contributed by atoms with Crippen molar-refractivity contribution in [3.63, 3.8) is 0 Å². The van der Waals surface area contributed by atoms with Crippen molar-refractivity contribution in [3.05, 3.63) is 22.8 Å². The molecule has 0 fully saturated rings. The Bertz CT molecular complexity index is 429. The molecule has 0 saturated heterocycles. The van der Waals surface area contributed by atoms with E-state index in [4.69, 9.17) is 4.74 Å². The summed E-state index contributed by atoms with van der Waals surface area (Å²) >= 11 is 0. The maximum Gasteiger partial charge on any atom is 0.410 e. The highest BCUT2D eigenvalue weighted by Gasteiger charge is 2.27. The molecule has 0 bridgehead atoms. The van der Waals surface area contributed by atoms with Crippen LogP contribution < -0.4 is 0 Å². The fourth-order valence-electron chi connectivity index (χ4n) is 2.49. The molecule has 1 amide bonds. The van der Waals surface area contributed by atoms with Crippen molar-refractivity contribution in [2.24, 2.45) is 0 Å². The van der Waals surface area contributed by atoms with Gasteiger partial charge in [0.15, 0.2) is 0 Å². The summed E-state index contributed by atoms with van der Waals surface area (Å²) in [7, 11) is 0. The van der Waals surface area contributed by atoms with Crippen LogP contribution >= 0.6 is 0 Å². The number of carbonyl (C=O) groups excluding carboxylic acids is 1. The molecule has 1 heterocycles. The van der Waals surface area contributed by atoms with E-state index in [1.54, 1.807) is 4.90 Å². The van der Waals surface area contributed by atoms with Crippen LogP contribution in [-0.4, -0.2) is 41.4 Å². The molecule has 2 aliphatic rings. The van der Waals surface area contributed by atoms with Crippen molar-refractivity contribution >= 4 is 6.09 Å². The molecule has 4 heteroatoms. The number of amides is 1. The van der Waals surface area contributed by atoms with E-state index in [1.807, 2.05) is 20.8 Å². The molecule has 106 valence electrons. The minimum atomic E-state index is -0.442. The minimum Gasteiger partial charge on any atom is -0.444 e. The second-order valence-electron chi connectivity index (χ2n) is 6.24. The summed E-state index contributed by atoms with van der Waals surface area (Å²) in [5.41, 5.74) is 3.27. The largest absolute Gasteiger partial charge is 0.444 e. The summed E-state index contributed by atoms with van der Waals surface area (Å²) in [6, 6.07) is 0. The molecule has 0 aromatic heterocycles. The number of hydrogen-bond acceptors (Lipinski definition) is 3. The van der Waals surface area contributed by atoms with Gasteiger partial charge in [-0.3, -0.25) is 0 Å². The smallest absolute Gasteiger partial charge is 0.410 e. The number of ether oxygens (including phenoxy) is 1. The molecule has 1 aliphatic carbocycles. The van der Waals surface area contributed by atoms with Crippen molar-refractivity contribution in [1.29, 1.82) is 0 Å². The Kier molecular flexibility index (Phi) is 3.99. The summed E-state index contributed by atoms with van der Waals surface area (Å²) in [5, 5.41) is 9.17. The first-order chi connectivity index (χ1) is 8.89. The summed E-state index contributed by atoms with van der Waals surface area (Å²) in [4.78, 5) is 13.8. The molecule has 0 aromatic carbocycles. The molecule has 0 spiro atoms. The van der Waals surface area contributed by atoms with E-state index < -0.39 is 5.60 Å². The first-order valence-electron chi connectivity index (χ1n) is 6.88. The van der Waals surface area contributed by atoms with E-state index in [-0.39, 0.29) is 12.7 Å². The number of hydrogen-bond donors (Lipinski definition) is 1. The Morgan fingerprint density at radius 3 is 2.74 bits per heavy atom. The van der Waals surface area contributed by atoms with Gasteiger partial charge in [0.25, 0.3) is 0 Å². The Morgan fingerprint density at radius 1 is 1.37 bits per heavy atom. The molecule has 19 heavy (non-hydrogen) atoms. The monoisotopic (exact) mass is 265 g/mol. The van der Waals surface area contributed by atoms with Gasteiger partial charge in [-0.1, -0.05) is 6.08 Å². The number of aliphatic hydroxyl groups is 1. The van der Waals surface area contributed by atoms with Crippen molar-refractivity contribution < 1.29 is 14.6 Å². The summed E-state index contributed by atoms with van der Waals surface area (Å²) in [6.07, 6.45) is 4.58. The van der Waals surface area contributed by atoms with Crippen molar-refractivity contribution in [3.8, 4) is 0 Å². The maximum absolute atomic E-state index is 12.0. The molecule has 0 radical (unpaired) electrons. The van der Waals surface area contributed by atoms with Gasteiger partial charge in [0.2, 0.25) is 0 Å². The van der Waals surface area contributed by atoms with Gasteiger partial charge in [-0.2, -0.15) is 0 Å². The molecule has 4 nitrogen and oxygen atoms in total. The molecule has 0 saturated carbocycles. The van der Waals surface area contributed by atoms with Crippen LogP contribution in [0.2, 0.25) is 0 Å². The number of carbonyl (C=O) groups is 1. The SMILES string of the molecule is CC(C)(C)OC(=O)N1CCC2=C(CCC(CO)=C2)C1. The van der Waals surface area contributed by atoms with Gasteiger partial charge in [-0.25, -0.2) is 4.79 Å². The quantitative estimate of drug-likeness (QED) is 0.793. The fraction of sp³-hybridized carbons (Fsp3) is 0.667. The second kappa shape index (κ2) is 5.37. The minimum absolute atomic E-state index is 0.145. The van der Waals surface area contributed by atoms with E-state index in [0.29, 0.717) is 13.1 Å². The van der Waals surface area contributed by atoms with Gasteiger partial charge in [-0.05, 0) is 56.8 Å². The van der Waals surface area contributed by atoms with Crippen LogP contribution in [0.1, 0.15) is 40.0 Å². The molecular formula is C15H23NO3. The van der Waals surface area contributed by atoms with Crippen LogP contribution in [-0.2, 0) is 4.74 Å². The third-order valence-electron chi connectivity index (χ3n) is 3.47. The van der Waals surface area contributed by atoms with E-state index in [0.717, 1.165) is 24.8 Å². The average Bonchev–Trinajstić information content (AvgIpc) is 2.35. The van der Waals surface area contributed by atoms with Crippen molar-refractivity contribution in [1.82, 2.24) is 4.90 Å². The topological polar surface area (TPSA) is 49.8 Å². The Labute approximate surface area is 114 Å². The Hall–Kier alpha value is -1.29. The van der Waals surface area contributed by atoms with E-state index >= 15 is 0 Å². The fourth-order valence-corrected chi connectivity index (χ4v) is 2.49. The van der Waals surface area contributed by atoms with Gasteiger partial charge in [-0.15, -0.1) is 0 Å². The predicted molar refractivity (Wildman–Crippen MR) is 73.9 cm³/mol. The lowest BCUT2D eigenvalue weighted by atomic mass is 9.88. The summed E-state index contributed by atoms with van der Waals surface area (Å²) in [5.74, 6) is 0. The molecule has 1 aliphatic heterocycles. The van der Waals surface area contributed by atoms with Gasteiger partial charge in [0, 0.05) is 13.1 Å². The Balaban J connectivity index is 2.02. The zero-order valence-corrected chi connectivity index (χ0v) is 12.0. The third-order valence-corrected chi connectivity index (χ3v) is 3.47. The van der Waals surface area contributed by atoms with Crippen LogP contribution in [0, 0.1) is 0 Å². The maximum atomic E-state index is 12.0. The first kappa shape index (κ1) is 14.1. The highest BCUT2D eigenvalue weighted by Crippen LogP contribution is 2.30. The standard InChI is InChI=1S/C15H23NO3/c1-15(2,3)19-14(18)16-7-6-12-8-11(10-17)4-5-13(12)9-16/h8,17H,4-7,9-10H2,1-3H3. The van der Waals surface area contributed by atoms with Gasteiger partial charge >= 0.3 is 6.09 Å². The average molecular weight is 265 g/mol. The van der Waals surface area contributed by atoms with Gasteiger partial charge in [0.1, 0.15) is 5.60 Å². The zero-order valence-electron chi connectivity index (χ0n) is 12.0. The van der Waals surface area contributed by atoms with E-state index in [2.05, 4.69) is 6.08 Å². The van der Waals surface area contributed by atoms with Crippen LogP contribution in [0.5, 0.6) is 0 Å². The highest BCUT2D eigenvalue weighted by molar-refractivity contribution is 5.69. The van der Waals surface area contributed by atoms with Crippen molar-refractivity contribution in [2.75, 3.05) is 19.7 Å². The third kappa shape index (κ3) is 3.60. The molecule has 2 rings (SSSR count). The summed E-state index contributed by atoms with van der Waals surface area (Å²) in [6.45, 7) is 7.16. The lowest BCUT2D eigenvalue weighted by Crippen LogP contribution is -2.41. The van der Waals surface area contributed by atoms with E-state index in [1.165, 1.54) is 11.1 Å². The van der Waals surface area contributed by atoms with Crippen molar-refractivity contribution in [2.45, 2.75) is 45.6 Å². The number of nitrogens with zero attached hydrogens (tertiary/aromatic N) is 1. The van der Waals surface area contributed by atoms with Gasteiger partial charge < -0.3 is 14.7 Å². The zero-order chi connectivity index (χ0) is 14.0. The van der Waals surface area contributed by atoms with Gasteiger partial charge in [0.05, 0.1) is 6.61 Å². The second-order valence-corrected chi connectivity index (χ2v) is 6.24. The predicted octanol–water partition coefficient (Wildman–Crippen LogP) is 2.64. The lowest BCUT2D eigenvalue weighted by Gasteiger charge is -2.33. The molecule has 1 N–H and O–H groups in total. The summed E-state index contributed by atoms with van der Waals surface area (Å²) < 4.78 is 5.41. The molecular weight excluding hydrogens is 242 g/mol. The normalized spacial score (nSPS) is 20.0. The highest BCUT2D eigenvalue weighted by atomic mass is 16.6. The number of rotatable bonds is 1. The number of allylic oxidation sites excluding steroid dienone is 1. The van der Waals surface area contributed by atoms with Crippen LogP contribution in [0.4, 0.5) is 4.79 Å². The van der Waals surface area contributed by atoms with Crippen LogP contribution in [0.3, 0.4) is 0 Å². The first-order valence-corrected chi connectivity index (χ1v) is 6.88. The molecule has 0 aromatic rings.